The number of benzene rings is 1. The Morgan fingerprint density at radius 1 is 1.17 bits per heavy atom. The summed E-state index contributed by atoms with van der Waals surface area (Å²) in [6.45, 7) is 4.40. The summed E-state index contributed by atoms with van der Waals surface area (Å²) in [5.41, 5.74) is 0.454. The second kappa shape index (κ2) is 13.8. The smallest absolute Gasteiger partial charge is 0.409 e. The third-order valence-corrected chi connectivity index (χ3v) is 5.21. The quantitative estimate of drug-likeness (QED) is 0.211. The van der Waals surface area contributed by atoms with E-state index in [2.05, 4.69) is 20.9 Å². The third kappa shape index (κ3) is 8.35. The van der Waals surface area contributed by atoms with Crippen LogP contribution in [0.5, 0.6) is 0 Å². The Hall–Kier alpha value is -1.46. The first kappa shape index (κ1) is 26.6. The minimum Gasteiger partial charge on any atom is -0.450 e. The topological polar surface area (TPSA) is 95.1 Å². The van der Waals surface area contributed by atoms with Crippen LogP contribution in [0, 0.1) is 0 Å². The molecule has 8 nitrogen and oxygen atoms in total. The van der Waals surface area contributed by atoms with E-state index >= 15 is 0 Å². The van der Waals surface area contributed by atoms with E-state index in [1.165, 1.54) is 6.07 Å². The number of guanidine groups is 1. The molecule has 1 saturated heterocycles. The first-order valence-electron chi connectivity index (χ1n) is 9.56. The van der Waals surface area contributed by atoms with Crippen LogP contribution in [0.2, 0.25) is 10.0 Å². The number of hydrogen-bond acceptors (Lipinski definition) is 4. The maximum Gasteiger partial charge on any atom is 0.409 e. The molecule has 11 heteroatoms. The SMILES string of the molecule is CCOC(=O)N1CCC(NC(=NC)NCCNC(=O)c2ccc(Cl)c(Cl)c2)CC1.I. The molecule has 1 aliphatic rings. The van der Waals surface area contributed by atoms with Crippen LogP contribution in [0.15, 0.2) is 23.2 Å². The van der Waals surface area contributed by atoms with Crippen molar-refractivity contribution in [3.05, 3.63) is 33.8 Å². The van der Waals surface area contributed by atoms with Gasteiger partial charge in [-0.25, -0.2) is 4.79 Å². The van der Waals surface area contributed by atoms with Crippen LogP contribution in [-0.4, -0.2) is 68.7 Å². The van der Waals surface area contributed by atoms with E-state index in [0.29, 0.717) is 54.4 Å². The van der Waals surface area contributed by atoms with Crippen LogP contribution in [0.1, 0.15) is 30.1 Å². The molecule has 30 heavy (non-hydrogen) atoms. The molecule has 0 aliphatic carbocycles. The first-order chi connectivity index (χ1) is 13.9. The minimum atomic E-state index is -0.258. The Labute approximate surface area is 204 Å². The largest absolute Gasteiger partial charge is 0.450 e. The lowest BCUT2D eigenvalue weighted by Crippen LogP contribution is -2.50. The van der Waals surface area contributed by atoms with Gasteiger partial charge >= 0.3 is 6.09 Å². The lowest BCUT2D eigenvalue weighted by atomic mass is 10.1. The van der Waals surface area contributed by atoms with Gasteiger partial charge in [0.2, 0.25) is 0 Å². The lowest BCUT2D eigenvalue weighted by molar-refractivity contribution is 0.0948. The fourth-order valence-electron chi connectivity index (χ4n) is 2.91. The molecule has 0 bridgehead atoms. The molecule has 1 fully saturated rings. The molecule has 1 aliphatic heterocycles. The number of aliphatic imine (C=N–C) groups is 1. The monoisotopic (exact) mass is 571 g/mol. The van der Waals surface area contributed by atoms with Crippen molar-refractivity contribution in [2.24, 2.45) is 4.99 Å². The molecule has 0 unspecified atom stereocenters. The maximum absolute atomic E-state index is 12.1. The molecular formula is C19H28Cl2IN5O3. The molecular weight excluding hydrogens is 544 g/mol. The number of nitrogens with one attached hydrogen (secondary N) is 3. The van der Waals surface area contributed by atoms with Gasteiger partial charge in [0.1, 0.15) is 0 Å². The zero-order chi connectivity index (χ0) is 21.2. The number of likely N-dealkylation sites (tertiary alicyclic amines) is 1. The van der Waals surface area contributed by atoms with Crippen molar-refractivity contribution in [3.8, 4) is 0 Å². The van der Waals surface area contributed by atoms with Crippen molar-refractivity contribution in [2.45, 2.75) is 25.8 Å². The maximum atomic E-state index is 12.1. The van der Waals surface area contributed by atoms with Crippen molar-refractivity contribution >= 4 is 65.1 Å². The summed E-state index contributed by atoms with van der Waals surface area (Å²) in [5, 5.41) is 10.1. The number of hydrogen-bond donors (Lipinski definition) is 3. The molecule has 3 N–H and O–H groups in total. The average Bonchev–Trinajstić information content (AvgIpc) is 2.72. The van der Waals surface area contributed by atoms with E-state index in [1.54, 1.807) is 31.0 Å². The summed E-state index contributed by atoms with van der Waals surface area (Å²) in [5.74, 6) is 0.433. The van der Waals surface area contributed by atoms with Gasteiger partial charge < -0.3 is 25.6 Å². The molecule has 2 amide bonds. The predicted molar refractivity (Wildman–Crippen MR) is 130 cm³/mol. The van der Waals surface area contributed by atoms with Crippen LogP contribution in [0.4, 0.5) is 4.79 Å². The Morgan fingerprint density at radius 3 is 2.43 bits per heavy atom. The normalized spacial score (nSPS) is 14.5. The molecule has 1 aromatic carbocycles. The van der Waals surface area contributed by atoms with Crippen molar-refractivity contribution in [1.82, 2.24) is 20.9 Å². The number of rotatable bonds is 6. The van der Waals surface area contributed by atoms with Crippen molar-refractivity contribution in [1.29, 1.82) is 0 Å². The minimum absolute atomic E-state index is 0. The highest BCUT2D eigenvalue weighted by Crippen LogP contribution is 2.22. The lowest BCUT2D eigenvalue weighted by Gasteiger charge is -2.32. The van der Waals surface area contributed by atoms with Gasteiger partial charge in [0.15, 0.2) is 5.96 Å². The van der Waals surface area contributed by atoms with Gasteiger partial charge in [-0.05, 0) is 38.0 Å². The van der Waals surface area contributed by atoms with Gasteiger partial charge in [-0.2, -0.15) is 0 Å². The van der Waals surface area contributed by atoms with Crippen molar-refractivity contribution in [3.63, 3.8) is 0 Å². The first-order valence-corrected chi connectivity index (χ1v) is 10.3. The number of piperidine rings is 1. The van der Waals surface area contributed by atoms with Crippen LogP contribution >= 0.6 is 47.2 Å². The zero-order valence-corrected chi connectivity index (χ0v) is 20.9. The van der Waals surface area contributed by atoms with Crippen LogP contribution in [0.25, 0.3) is 0 Å². The fourth-order valence-corrected chi connectivity index (χ4v) is 3.20. The number of carbonyl (C=O) groups excluding carboxylic acids is 2. The summed E-state index contributed by atoms with van der Waals surface area (Å²) < 4.78 is 5.03. The molecule has 0 radical (unpaired) electrons. The van der Waals surface area contributed by atoms with Crippen molar-refractivity contribution in [2.75, 3.05) is 39.8 Å². The molecule has 1 aromatic rings. The number of carbonyl (C=O) groups is 2. The zero-order valence-electron chi connectivity index (χ0n) is 17.0. The second-order valence-corrected chi connectivity index (χ2v) is 7.30. The summed E-state index contributed by atoms with van der Waals surface area (Å²) in [6, 6.07) is 4.98. The summed E-state index contributed by atoms with van der Waals surface area (Å²) >= 11 is 11.8. The molecule has 2 rings (SSSR count). The fraction of sp³-hybridized carbons (Fsp3) is 0.526. The van der Waals surface area contributed by atoms with Crippen LogP contribution < -0.4 is 16.0 Å². The van der Waals surface area contributed by atoms with Gasteiger partial charge in [-0.1, -0.05) is 23.2 Å². The Kier molecular flexibility index (Phi) is 12.2. The van der Waals surface area contributed by atoms with Crippen molar-refractivity contribution < 1.29 is 14.3 Å². The summed E-state index contributed by atoms with van der Waals surface area (Å²) in [4.78, 5) is 29.8. The van der Waals surface area contributed by atoms with Gasteiger partial charge in [-0.3, -0.25) is 9.79 Å². The number of amides is 2. The van der Waals surface area contributed by atoms with Gasteiger partial charge in [0, 0.05) is 44.8 Å². The van der Waals surface area contributed by atoms with E-state index in [9.17, 15) is 9.59 Å². The highest BCUT2D eigenvalue weighted by molar-refractivity contribution is 14.0. The van der Waals surface area contributed by atoms with Gasteiger partial charge in [0.25, 0.3) is 5.91 Å². The Balaban J connectivity index is 0.00000450. The second-order valence-electron chi connectivity index (χ2n) is 6.49. The molecule has 0 saturated carbocycles. The van der Waals surface area contributed by atoms with E-state index in [4.69, 9.17) is 27.9 Å². The number of ether oxygens (including phenoxy) is 1. The van der Waals surface area contributed by atoms with Crippen LogP contribution in [-0.2, 0) is 4.74 Å². The highest BCUT2D eigenvalue weighted by atomic mass is 127. The molecule has 168 valence electrons. The summed E-state index contributed by atoms with van der Waals surface area (Å²) in [7, 11) is 1.69. The van der Waals surface area contributed by atoms with E-state index < -0.39 is 0 Å². The summed E-state index contributed by atoms with van der Waals surface area (Å²) in [6.07, 6.45) is 1.37. The Morgan fingerprint density at radius 2 is 1.83 bits per heavy atom. The number of nitrogens with zero attached hydrogens (tertiary/aromatic N) is 2. The third-order valence-electron chi connectivity index (χ3n) is 4.47. The Bertz CT molecular complexity index is 743. The van der Waals surface area contributed by atoms with E-state index in [0.717, 1.165) is 12.8 Å². The van der Waals surface area contributed by atoms with Gasteiger partial charge in [-0.15, -0.1) is 24.0 Å². The average molecular weight is 572 g/mol. The molecule has 0 aromatic heterocycles. The molecule has 0 atom stereocenters. The standard InChI is InChI=1S/C19H27Cl2N5O3.HI/c1-3-29-19(28)26-10-6-14(7-11-26)25-18(22-2)24-9-8-23-17(27)13-4-5-15(20)16(21)12-13;/h4-5,12,14H,3,6-11H2,1-2H3,(H,23,27)(H2,22,24,25);1H. The van der Waals surface area contributed by atoms with Gasteiger partial charge in [0.05, 0.1) is 16.7 Å². The van der Waals surface area contributed by atoms with E-state index in [1.807, 2.05) is 0 Å². The number of halogens is 3. The van der Waals surface area contributed by atoms with E-state index in [-0.39, 0.29) is 42.0 Å². The van der Waals surface area contributed by atoms with Crippen LogP contribution in [0.3, 0.4) is 0 Å². The molecule has 1 heterocycles. The highest BCUT2D eigenvalue weighted by Gasteiger charge is 2.24. The predicted octanol–water partition coefficient (Wildman–Crippen LogP) is 3.13. The molecule has 0 spiro atoms.